The Balaban J connectivity index is 1.93. The summed E-state index contributed by atoms with van der Waals surface area (Å²) < 4.78 is 0. The Hall–Kier alpha value is -0.120. The van der Waals surface area contributed by atoms with Crippen molar-refractivity contribution in [1.82, 2.24) is 10.2 Å². The van der Waals surface area contributed by atoms with E-state index in [-0.39, 0.29) is 6.10 Å². The van der Waals surface area contributed by atoms with Gasteiger partial charge in [0.25, 0.3) is 0 Å². The van der Waals surface area contributed by atoms with Crippen molar-refractivity contribution < 1.29 is 5.11 Å². The van der Waals surface area contributed by atoms with E-state index in [0.717, 1.165) is 25.7 Å². The second-order valence-electron chi connectivity index (χ2n) is 4.62. The zero-order valence-corrected chi connectivity index (χ0v) is 9.08. The van der Waals surface area contributed by atoms with Crippen molar-refractivity contribution in [2.75, 3.05) is 19.6 Å². The van der Waals surface area contributed by atoms with Crippen LogP contribution in [0.15, 0.2) is 0 Å². The molecule has 14 heavy (non-hydrogen) atoms. The van der Waals surface area contributed by atoms with Crippen molar-refractivity contribution in [3.8, 4) is 0 Å². The molecule has 0 unspecified atom stereocenters. The fourth-order valence-corrected chi connectivity index (χ4v) is 2.59. The maximum absolute atomic E-state index is 9.85. The number of aliphatic hydroxyl groups excluding tert-OH is 1. The highest BCUT2D eigenvalue weighted by Gasteiger charge is 2.35. The Bertz CT molecular complexity index is 182. The third kappa shape index (κ3) is 1.95. The molecule has 0 spiro atoms. The average molecular weight is 198 g/mol. The van der Waals surface area contributed by atoms with E-state index in [1.165, 1.54) is 25.7 Å². The first-order chi connectivity index (χ1) is 6.83. The van der Waals surface area contributed by atoms with Gasteiger partial charge in [0.05, 0.1) is 6.10 Å². The average Bonchev–Trinajstić information content (AvgIpc) is 2.47. The summed E-state index contributed by atoms with van der Waals surface area (Å²) in [5.74, 6) is 0. The molecule has 0 bridgehead atoms. The molecule has 2 rings (SSSR count). The van der Waals surface area contributed by atoms with E-state index in [4.69, 9.17) is 0 Å². The molecule has 82 valence electrons. The maximum atomic E-state index is 9.85. The molecule has 2 atom stereocenters. The molecule has 0 radical (unpaired) electrons. The van der Waals surface area contributed by atoms with Gasteiger partial charge in [0.15, 0.2) is 0 Å². The lowest BCUT2D eigenvalue weighted by atomic mass is 9.89. The molecule has 2 N–H and O–H groups in total. The maximum Gasteiger partial charge on any atom is 0.0831 e. The standard InChI is InChI=1S/C11H22N2O/c1-2-6-13(9-4-3-5-9)10-7-12-8-11(10)14/h9-12,14H,2-8H2,1H3/t10-,11-/m1/s1. The highest BCUT2D eigenvalue weighted by atomic mass is 16.3. The summed E-state index contributed by atoms with van der Waals surface area (Å²) in [4.78, 5) is 2.54. The van der Waals surface area contributed by atoms with Gasteiger partial charge < -0.3 is 10.4 Å². The van der Waals surface area contributed by atoms with E-state index < -0.39 is 0 Å². The molecule has 1 heterocycles. The molecule has 1 saturated carbocycles. The van der Waals surface area contributed by atoms with Gasteiger partial charge in [0, 0.05) is 25.2 Å². The minimum Gasteiger partial charge on any atom is -0.390 e. The Morgan fingerprint density at radius 1 is 1.36 bits per heavy atom. The molecule has 0 aromatic rings. The summed E-state index contributed by atoms with van der Waals surface area (Å²) >= 11 is 0. The predicted octanol–water partition coefficient (Wildman–Crippen LogP) is 0.584. The number of rotatable bonds is 4. The van der Waals surface area contributed by atoms with Gasteiger partial charge in [-0.2, -0.15) is 0 Å². The lowest BCUT2D eigenvalue weighted by molar-refractivity contribution is 0.0265. The van der Waals surface area contributed by atoms with E-state index in [1.54, 1.807) is 0 Å². The topological polar surface area (TPSA) is 35.5 Å². The fraction of sp³-hybridized carbons (Fsp3) is 1.00. The zero-order valence-electron chi connectivity index (χ0n) is 9.08. The van der Waals surface area contributed by atoms with Crippen molar-refractivity contribution in [1.29, 1.82) is 0 Å². The summed E-state index contributed by atoms with van der Waals surface area (Å²) in [6, 6.07) is 1.13. The molecular weight excluding hydrogens is 176 g/mol. The quantitative estimate of drug-likeness (QED) is 0.694. The van der Waals surface area contributed by atoms with Crippen LogP contribution in [0, 0.1) is 0 Å². The first kappa shape index (κ1) is 10.4. The largest absolute Gasteiger partial charge is 0.390 e. The molecular formula is C11H22N2O. The van der Waals surface area contributed by atoms with E-state index in [9.17, 15) is 5.11 Å². The van der Waals surface area contributed by atoms with Crippen molar-refractivity contribution >= 4 is 0 Å². The van der Waals surface area contributed by atoms with Crippen LogP contribution in [0.3, 0.4) is 0 Å². The van der Waals surface area contributed by atoms with Gasteiger partial charge in [-0.1, -0.05) is 13.3 Å². The molecule has 2 aliphatic rings. The Labute approximate surface area is 86.5 Å². The van der Waals surface area contributed by atoms with Crippen LogP contribution >= 0.6 is 0 Å². The molecule has 1 saturated heterocycles. The van der Waals surface area contributed by atoms with Crippen molar-refractivity contribution in [3.63, 3.8) is 0 Å². The SMILES string of the molecule is CCCN(C1CCC1)[C@@H]1CNC[C@H]1O. The van der Waals surface area contributed by atoms with E-state index in [0.29, 0.717) is 6.04 Å². The predicted molar refractivity (Wildman–Crippen MR) is 57.3 cm³/mol. The molecule has 1 aliphatic heterocycles. The van der Waals surface area contributed by atoms with E-state index in [2.05, 4.69) is 17.1 Å². The van der Waals surface area contributed by atoms with Gasteiger partial charge in [0.2, 0.25) is 0 Å². The van der Waals surface area contributed by atoms with E-state index >= 15 is 0 Å². The first-order valence-corrected chi connectivity index (χ1v) is 5.97. The summed E-state index contributed by atoms with van der Waals surface area (Å²) in [6.45, 7) is 5.11. The second-order valence-corrected chi connectivity index (χ2v) is 4.62. The molecule has 2 fully saturated rings. The highest BCUT2D eigenvalue weighted by molar-refractivity contribution is 4.93. The molecule has 0 amide bonds. The highest BCUT2D eigenvalue weighted by Crippen LogP contribution is 2.28. The van der Waals surface area contributed by atoms with Crippen molar-refractivity contribution in [2.24, 2.45) is 0 Å². The molecule has 3 nitrogen and oxygen atoms in total. The van der Waals surface area contributed by atoms with Crippen molar-refractivity contribution in [3.05, 3.63) is 0 Å². The van der Waals surface area contributed by atoms with Gasteiger partial charge in [-0.25, -0.2) is 0 Å². The van der Waals surface area contributed by atoms with Crippen LogP contribution in [-0.2, 0) is 0 Å². The third-order valence-corrected chi connectivity index (χ3v) is 3.60. The Morgan fingerprint density at radius 3 is 2.57 bits per heavy atom. The number of nitrogens with zero attached hydrogens (tertiary/aromatic N) is 1. The first-order valence-electron chi connectivity index (χ1n) is 5.97. The van der Waals surface area contributed by atoms with Crippen LogP contribution < -0.4 is 5.32 Å². The Morgan fingerprint density at radius 2 is 2.14 bits per heavy atom. The monoisotopic (exact) mass is 198 g/mol. The third-order valence-electron chi connectivity index (χ3n) is 3.60. The lowest BCUT2D eigenvalue weighted by Gasteiger charge is -2.42. The lowest BCUT2D eigenvalue weighted by Crippen LogP contribution is -2.51. The number of hydrogen-bond acceptors (Lipinski definition) is 3. The molecule has 0 aromatic carbocycles. The minimum absolute atomic E-state index is 0.151. The van der Waals surface area contributed by atoms with Crippen LogP contribution in [0.2, 0.25) is 0 Å². The van der Waals surface area contributed by atoms with Crippen LogP contribution in [0.25, 0.3) is 0 Å². The van der Waals surface area contributed by atoms with Gasteiger partial charge in [-0.3, -0.25) is 4.90 Å². The smallest absolute Gasteiger partial charge is 0.0831 e. The number of nitrogens with one attached hydrogen (secondary N) is 1. The molecule has 1 aliphatic carbocycles. The van der Waals surface area contributed by atoms with Gasteiger partial charge in [-0.05, 0) is 25.8 Å². The van der Waals surface area contributed by atoms with Gasteiger partial charge in [0.1, 0.15) is 0 Å². The number of β-amino-alcohol motifs (C(OH)–C–C–N with tert-alkyl or cyclic N) is 1. The van der Waals surface area contributed by atoms with Gasteiger partial charge >= 0.3 is 0 Å². The summed E-state index contributed by atoms with van der Waals surface area (Å²) in [6.07, 6.45) is 5.09. The van der Waals surface area contributed by atoms with Crippen LogP contribution in [0.1, 0.15) is 32.6 Å². The molecule has 0 aromatic heterocycles. The van der Waals surface area contributed by atoms with Crippen LogP contribution in [0.5, 0.6) is 0 Å². The Kier molecular flexibility index (Phi) is 3.42. The fourth-order valence-electron chi connectivity index (χ4n) is 2.59. The number of aliphatic hydroxyl groups is 1. The summed E-state index contributed by atoms with van der Waals surface area (Å²) in [5.41, 5.74) is 0. The second kappa shape index (κ2) is 4.60. The van der Waals surface area contributed by atoms with Crippen molar-refractivity contribution in [2.45, 2.75) is 50.8 Å². The zero-order chi connectivity index (χ0) is 9.97. The van der Waals surface area contributed by atoms with Crippen LogP contribution in [0.4, 0.5) is 0 Å². The molecule has 3 heteroatoms. The van der Waals surface area contributed by atoms with Gasteiger partial charge in [-0.15, -0.1) is 0 Å². The minimum atomic E-state index is -0.151. The van der Waals surface area contributed by atoms with Crippen LogP contribution in [-0.4, -0.2) is 47.8 Å². The summed E-state index contributed by atoms with van der Waals surface area (Å²) in [5, 5.41) is 13.1. The summed E-state index contributed by atoms with van der Waals surface area (Å²) in [7, 11) is 0. The van der Waals surface area contributed by atoms with E-state index in [1.807, 2.05) is 0 Å². The number of hydrogen-bond donors (Lipinski definition) is 2. The normalized spacial score (nSPS) is 33.6.